The average Bonchev–Trinajstić information content (AvgIpc) is 3.09. The highest BCUT2D eigenvalue weighted by molar-refractivity contribution is 7.99. The quantitative estimate of drug-likeness (QED) is 0.912. The van der Waals surface area contributed by atoms with Crippen molar-refractivity contribution in [2.75, 3.05) is 12.8 Å². The first-order chi connectivity index (χ1) is 8.88. The normalized spacial score (nSPS) is 32.8. The third-order valence-electron chi connectivity index (χ3n) is 4.13. The van der Waals surface area contributed by atoms with Crippen LogP contribution in [-0.2, 0) is 0 Å². The van der Waals surface area contributed by atoms with E-state index in [-0.39, 0.29) is 0 Å². The molecule has 0 aromatic carbocycles. The van der Waals surface area contributed by atoms with Gasteiger partial charge in [0.25, 0.3) is 0 Å². The van der Waals surface area contributed by atoms with Crippen LogP contribution < -0.4 is 5.32 Å². The molecule has 2 heterocycles. The standard InChI is InChI=1S/C13H21N3OS/c1-14-10-6-3-2-5-9(10)13-15-12(16-17-13)11-7-4-8-18-11/h9-11,14H,2-8H2,1H3. The third kappa shape index (κ3) is 2.43. The molecule has 0 spiro atoms. The number of nitrogens with one attached hydrogen (secondary N) is 1. The second-order valence-corrected chi connectivity index (χ2v) is 6.59. The molecular formula is C13H21N3OS. The lowest BCUT2D eigenvalue weighted by Gasteiger charge is -2.28. The molecule has 1 N–H and O–H groups in total. The lowest BCUT2D eigenvalue weighted by molar-refractivity contribution is 0.269. The van der Waals surface area contributed by atoms with Crippen LogP contribution in [-0.4, -0.2) is 29.0 Å². The number of hydrogen-bond acceptors (Lipinski definition) is 5. The SMILES string of the molecule is CNC1CCCCC1c1nc(C2CCCS2)no1. The van der Waals surface area contributed by atoms with Crippen LogP contribution in [0, 0.1) is 0 Å². The summed E-state index contributed by atoms with van der Waals surface area (Å²) in [6.07, 6.45) is 7.45. The van der Waals surface area contributed by atoms with Crippen LogP contribution in [0.4, 0.5) is 0 Å². The van der Waals surface area contributed by atoms with Gasteiger partial charge in [-0.3, -0.25) is 0 Å². The summed E-state index contributed by atoms with van der Waals surface area (Å²) in [5.74, 6) is 3.43. The predicted octanol–water partition coefficient (Wildman–Crippen LogP) is 2.88. The molecule has 100 valence electrons. The molecule has 0 radical (unpaired) electrons. The van der Waals surface area contributed by atoms with Crippen molar-refractivity contribution in [2.45, 2.75) is 55.7 Å². The lowest BCUT2D eigenvalue weighted by Crippen LogP contribution is -2.34. The molecule has 1 saturated heterocycles. The maximum Gasteiger partial charge on any atom is 0.231 e. The summed E-state index contributed by atoms with van der Waals surface area (Å²) in [4.78, 5) is 4.68. The fraction of sp³-hybridized carbons (Fsp3) is 0.846. The molecule has 1 aliphatic heterocycles. The van der Waals surface area contributed by atoms with Gasteiger partial charge in [0.15, 0.2) is 5.82 Å². The Kier molecular flexibility index (Phi) is 3.89. The first-order valence-corrected chi connectivity index (χ1v) is 8.05. The van der Waals surface area contributed by atoms with Crippen molar-refractivity contribution in [3.8, 4) is 0 Å². The van der Waals surface area contributed by atoms with Crippen molar-refractivity contribution in [3.63, 3.8) is 0 Å². The van der Waals surface area contributed by atoms with Gasteiger partial charge in [-0.05, 0) is 38.5 Å². The first kappa shape index (κ1) is 12.5. The molecule has 2 aliphatic rings. The van der Waals surface area contributed by atoms with Gasteiger partial charge in [-0.1, -0.05) is 18.0 Å². The zero-order valence-electron chi connectivity index (χ0n) is 10.9. The van der Waals surface area contributed by atoms with Gasteiger partial charge in [-0.25, -0.2) is 0 Å². The molecule has 5 heteroatoms. The van der Waals surface area contributed by atoms with E-state index in [1.807, 2.05) is 18.8 Å². The largest absolute Gasteiger partial charge is 0.339 e. The highest BCUT2D eigenvalue weighted by Gasteiger charge is 2.31. The smallest absolute Gasteiger partial charge is 0.231 e. The van der Waals surface area contributed by atoms with Crippen molar-refractivity contribution >= 4 is 11.8 Å². The molecule has 4 nitrogen and oxygen atoms in total. The topological polar surface area (TPSA) is 51.0 Å². The summed E-state index contributed by atoms with van der Waals surface area (Å²) in [6, 6.07) is 0.503. The van der Waals surface area contributed by atoms with Crippen LogP contribution >= 0.6 is 11.8 Å². The van der Waals surface area contributed by atoms with Gasteiger partial charge in [0.2, 0.25) is 5.89 Å². The Morgan fingerprint density at radius 2 is 2.11 bits per heavy atom. The summed E-state index contributed by atoms with van der Waals surface area (Å²) in [5, 5.41) is 8.08. The van der Waals surface area contributed by atoms with Crippen LogP contribution in [0.1, 0.15) is 61.4 Å². The summed E-state index contributed by atoms with van der Waals surface area (Å²) >= 11 is 1.96. The number of likely N-dealkylation sites (N-methyl/N-ethyl adjacent to an activating group) is 1. The Balaban J connectivity index is 1.74. The van der Waals surface area contributed by atoms with Crippen LogP contribution in [0.25, 0.3) is 0 Å². The molecular weight excluding hydrogens is 246 g/mol. The Hall–Kier alpha value is -0.550. The first-order valence-electron chi connectivity index (χ1n) is 7.01. The number of thioether (sulfide) groups is 1. The second-order valence-electron chi connectivity index (χ2n) is 5.28. The molecule has 1 aliphatic carbocycles. The third-order valence-corrected chi connectivity index (χ3v) is 5.50. The van der Waals surface area contributed by atoms with Crippen LogP contribution in [0.2, 0.25) is 0 Å². The number of aromatic nitrogens is 2. The summed E-state index contributed by atoms with van der Waals surface area (Å²) in [6.45, 7) is 0. The van der Waals surface area contributed by atoms with Gasteiger partial charge < -0.3 is 9.84 Å². The highest BCUT2D eigenvalue weighted by atomic mass is 32.2. The van der Waals surface area contributed by atoms with Crippen LogP contribution in [0.5, 0.6) is 0 Å². The fourth-order valence-electron chi connectivity index (χ4n) is 3.08. The summed E-state index contributed by atoms with van der Waals surface area (Å²) < 4.78 is 5.53. The lowest BCUT2D eigenvalue weighted by atomic mass is 9.84. The predicted molar refractivity (Wildman–Crippen MR) is 72.8 cm³/mol. The van der Waals surface area contributed by atoms with E-state index < -0.39 is 0 Å². The fourth-order valence-corrected chi connectivity index (χ4v) is 4.28. The maximum absolute atomic E-state index is 5.53. The maximum atomic E-state index is 5.53. The Labute approximate surface area is 112 Å². The van der Waals surface area contributed by atoms with Gasteiger partial charge >= 0.3 is 0 Å². The van der Waals surface area contributed by atoms with Crippen molar-refractivity contribution in [2.24, 2.45) is 0 Å². The van der Waals surface area contributed by atoms with Crippen LogP contribution in [0.15, 0.2) is 4.52 Å². The van der Waals surface area contributed by atoms with E-state index >= 15 is 0 Å². The van der Waals surface area contributed by atoms with Crippen molar-refractivity contribution in [1.82, 2.24) is 15.5 Å². The number of rotatable bonds is 3. The van der Waals surface area contributed by atoms with Gasteiger partial charge in [0.1, 0.15) is 0 Å². The zero-order valence-corrected chi connectivity index (χ0v) is 11.7. The van der Waals surface area contributed by atoms with Crippen molar-refractivity contribution in [3.05, 3.63) is 11.7 Å². The van der Waals surface area contributed by atoms with E-state index in [0.29, 0.717) is 17.2 Å². The van der Waals surface area contributed by atoms with E-state index in [4.69, 9.17) is 4.52 Å². The molecule has 1 saturated carbocycles. The summed E-state index contributed by atoms with van der Waals surface area (Å²) in [5.41, 5.74) is 0. The van der Waals surface area contributed by atoms with Crippen molar-refractivity contribution < 1.29 is 4.52 Å². The van der Waals surface area contributed by atoms with Gasteiger partial charge in [-0.15, -0.1) is 0 Å². The summed E-state index contributed by atoms with van der Waals surface area (Å²) in [7, 11) is 2.03. The van der Waals surface area contributed by atoms with Gasteiger partial charge in [-0.2, -0.15) is 16.7 Å². The van der Waals surface area contributed by atoms with E-state index in [1.54, 1.807) is 0 Å². The van der Waals surface area contributed by atoms with E-state index in [9.17, 15) is 0 Å². The van der Waals surface area contributed by atoms with Crippen molar-refractivity contribution in [1.29, 1.82) is 0 Å². The number of hydrogen-bond donors (Lipinski definition) is 1. The monoisotopic (exact) mass is 267 g/mol. The molecule has 0 amide bonds. The molecule has 3 rings (SSSR count). The molecule has 2 fully saturated rings. The van der Waals surface area contributed by atoms with Crippen LogP contribution in [0.3, 0.4) is 0 Å². The average molecular weight is 267 g/mol. The van der Waals surface area contributed by atoms with E-state index in [2.05, 4.69) is 15.5 Å². The Bertz CT molecular complexity index is 389. The molecule has 1 aromatic heterocycles. The highest BCUT2D eigenvalue weighted by Crippen LogP contribution is 2.39. The number of nitrogens with zero attached hydrogens (tertiary/aromatic N) is 2. The second kappa shape index (κ2) is 5.61. The molecule has 3 unspecified atom stereocenters. The Morgan fingerprint density at radius 3 is 2.89 bits per heavy atom. The minimum Gasteiger partial charge on any atom is -0.339 e. The Morgan fingerprint density at radius 1 is 1.22 bits per heavy atom. The molecule has 18 heavy (non-hydrogen) atoms. The zero-order chi connectivity index (χ0) is 12.4. The minimum absolute atomic E-state index is 0.413. The molecule has 0 bridgehead atoms. The van der Waals surface area contributed by atoms with Gasteiger partial charge in [0.05, 0.1) is 11.2 Å². The van der Waals surface area contributed by atoms with E-state index in [0.717, 1.165) is 11.7 Å². The van der Waals surface area contributed by atoms with Gasteiger partial charge in [0, 0.05) is 6.04 Å². The molecule has 3 atom stereocenters. The van der Waals surface area contributed by atoms with E-state index in [1.165, 1.54) is 44.3 Å². The molecule has 1 aromatic rings. The minimum atomic E-state index is 0.413.